The first-order chi connectivity index (χ1) is 15.2. The van der Waals surface area contributed by atoms with Crippen LogP contribution < -0.4 is 10.2 Å². The number of fused-ring (bicyclic) bond motifs is 2. The van der Waals surface area contributed by atoms with Crippen molar-refractivity contribution in [3.63, 3.8) is 0 Å². The summed E-state index contributed by atoms with van der Waals surface area (Å²) in [6.07, 6.45) is 5.81. The van der Waals surface area contributed by atoms with Gasteiger partial charge >= 0.3 is 0 Å². The molecule has 0 aromatic heterocycles. The summed E-state index contributed by atoms with van der Waals surface area (Å²) in [4.78, 5) is 2.56. The highest BCUT2D eigenvalue weighted by Crippen LogP contribution is 2.47. The maximum absolute atomic E-state index is 3.61. The van der Waals surface area contributed by atoms with Gasteiger partial charge in [-0.05, 0) is 61.6 Å². The monoisotopic (exact) mass is 410 g/mol. The van der Waals surface area contributed by atoms with Crippen LogP contribution in [0.4, 0.5) is 11.4 Å². The summed E-state index contributed by atoms with van der Waals surface area (Å²) in [7, 11) is 0. The predicted octanol–water partition coefficient (Wildman–Crippen LogP) is 7.17. The van der Waals surface area contributed by atoms with Crippen LogP contribution in [0.5, 0.6) is 0 Å². The van der Waals surface area contributed by atoms with Gasteiger partial charge in [-0.3, -0.25) is 0 Å². The molecule has 0 bridgehead atoms. The Hall–Kier alpha value is -2.84. The first-order valence-corrected chi connectivity index (χ1v) is 11.6. The number of aryl methyl sites for hydroxylation is 1. The molecular formula is C29H34N2. The molecule has 3 aromatic rings. The molecule has 0 radical (unpaired) electrons. The molecule has 2 nitrogen and oxygen atoms in total. The zero-order valence-corrected chi connectivity index (χ0v) is 19.1. The van der Waals surface area contributed by atoms with Gasteiger partial charge in [0.25, 0.3) is 0 Å². The smallest absolute Gasteiger partial charge is 0.0523 e. The van der Waals surface area contributed by atoms with Crippen molar-refractivity contribution >= 4 is 16.9 Å². The number of hydrogen-bond donors (Lipinski definition) is 1. The van der Waals surface area contributed by atoms with E-state index in [2.05, 4.69) is 104 Å². The number of unbranched alkanes of at least 4 members (excludes halogenated alkanes) is 1. The third-order valence-corrected chi connectivity index (χ3v) is 6.29. The molecule has 1 N–H and O–H groups in total. The molecule has 0 saturated heterocycles. The van der Waals surface area contributed by atoms with Crippen LogP contribution in [0, 0.1) is 13.8 Å². The van der Waals surface area contributed by atoms with E-state index in [0.29, 0.717) is 0 Å². The minimum Gasteiger partial charge on any atom is -0.340 e. The van der Waals surface area contributed by atoms with E-state index in [4.69, 9.17) is 0 Å². The zero-order valence-electron chi connectivity index (χ0n) is 19.1. The fourth-order valence-electron chi connectivity index (χ4n) is 4.50. The fourth-order valence-corrected chi connectivity index (χ4v) is 4.50. The van der Waals surface area contributed by atoms with Gasteiger partial charge in [0.2, 0.25) is 0 Å². The van der Waals surface area contributed by atoms with E-state index >= 15 is 0 Å². The van der Waals surface area contributed by atoms with E-state index < -0.39 is 0 Å². The van der Waals surface area contributed by atoms with Crippen molar-refractivity contribution in [3.8, 4) is 0 Å². The second kappa shape index (κ2) is 9.98. The van der Waals surface area contributed by atoms with Gasteiger partial charge < -0.3 is 10.2 Å². The van der Waals surface area contributed by atoms with Gasteiger partial charge in [0.05, 0.1) is 5.69 Å². The Morgan fingerprint density at radius 2 is 1.65 bits per heavy atom. The highest BCUT2D eigenvalue weighted by atomic mass is 15.1. The van der Waals surface area contributed by atoms with Gasteiger partial charge in [0.15, 0.2) is 0 Å². The Morgan fingerprint density at radius 1 is 0.871 bits per heavy atom. The normalized spacial score (nSPS) is 13.9. The van der Waals surface area contributed by atoms with Crippen LogP contribution in [0.1, 0.15) is 54.0 Å². The van der Waals surface area contributed by atoms with Crippen molar-refractivity contribution in [3.05, 3.63) is 101 Å². The third kappa shape index (κ3) is 4.60. The number of para-hydroxylation sites is 1. The molecule has 0 amide bonds. The van der Waals surface area contributed by atoms with Gasteiger partial charge in [0, 0.05) is 29.9 Å². The number of rotatable bonds is 8. The predicted molar refractivity (Wildman–Crippen MR) is 134 cm³/mol. The molecule has 1 heterocycles. The molecule has 3 aromatic carbocycles. The zero-order chi connectivity index (χ0) is 21.6. The number of hydrogen-bond acceptors (Lipinski definition) is 2. The Bertz CT molecular complexity index is 1050. The van der Waals surface area contributed by atoms with E-state index in [1.54, 1.807) is 0 Å². The standard InChI is InChI=1S/C29H34N2/c1-4-5-14-25-26-15-9-10-16-28(26)31(29-23(3)22(2)17-18-27(25)29)20-11-19-30-21-24-12-7-6-8-13-24/h6-10,12-18,30H,4-5,11,19-21H2,1-3H3/b25-14-. The lowest BCUT2D eigenvalue weighted by molar-refractivity contribution is 0.650. The minimum atomic E-state index is 0.927. The third-order valence-electron chi connectivity index (χ3n) is 6.29. The summed E-state index contributed by atoms with van der Waals surface area (Å²) < 4.78 is 0. The lowest BCUT2D eigenvalue weighted by Crippen LogP contribution is -2.28. The summed E-state index contributed by atoms with van der Waals surface area (Å²) >= 11 is 0. The molecule has 0 atom stereocenters. The average molecular weight is 411 g/mol. The molecule has 31 heavy (non-hydrogen) atoms. The second-order valence-electron chi connectivity index (χ2n) is 8.49. The van der Waals surface area contributed by atoms with E-state index in [-0.39, 0.29) is 0 Å². The van der Waals surface area contributed by atoms with Crippen molar-refractivity contribution in [2.24, 2.45) is 0 Å². The summed E-state index contributed by atoms with van der Waals surface area (Å²) in [5, 5.41) is 3.61. The first-order valence-electron chi connectivity index (χ1n) is 11.6. The number of allylic oxidation sites excluding steroid dienone is 1. The van der Waals surface area contributed by atoms with Crippen LogP contribution >= 0.6 is 0 Å². The molecule has 0 fully saturated rings. The Balaban J connectivity index is 1.58. The number of nitrogens with one attached hydrogen (secondary N) is 1. The maximum Gasteiger partial charge on any atom is 0.0523 e. The lowest BCUT2D eigenvalue weighted by Gasteiger charge is -2.36. The maximum atomic E-state index is 3.61. The van der Waals surface area contributed by atoms with E-state index in [0.717, 1.165) is 32.5 Å². The molecular weight excluding hydrogens is 376 g/mol. The molecule has 0 aliphatic carbocycles. The van der Waals surface area contributed by atoms with E-state index in [1.807, 2.05) is 0 Å². The van der Waals surface area contributed by atoms with Crippen LogP contribution in [0.3, 0.4) is 0 Å². The Morgan fingerprint density at radius 3 is 2.45 bits per heavy atom. The number of nitrogens with zero attached hydrogens (tertiary/aromatic N) is 1. The number of anilines is 2. The highest BCUT2D eigenvalue weighted by molar-refractivity contribution is 5.98. The van der Waals surface area contributed by atoms with Crippen molar-refractivity contribution < 1.29 is 0 Å². The van der Waals surface area contributed by atoms with Gasteiger partial charge in [-0.2, -0.15) is 0 Å². The fraction of sp³-hybridized carbons (Fsp3) is 0.310. The lowest BCUT2D eigenvalue weighted by atomic mass is 9.86. The Labute approximate surface area is 187 Å². The number of benzene rings is 3. The van der Waals surface area contributed by atoms with E-state index in [1.165, 1.54) is 51.2 Å². The van der Waals surface area contributed by atoms with Gasteiger partial charge in [-0.1, -0.05) is 80.1 Å². The quantitative estimate of drug-likeness (QED) is 0.396. The van der Waals surface area contributed by atoms with Gasteiger partial charge in [0.1, 0.15) is 0 Å². The molecule has 0 unspecified atom stereocenters. The van der Waals surface area contributed by atoms with Crippen molar-refractivity contribution in [1.82, 2.24) is 5.32 Å². The van der Waals surface area contributed by atoms with Crippen LogP contribution in [-0.4, -0.2) is 13.1 Å². The molecule has 0 saturated carbocycles. The van der Waals surface area contributed by atoms with Gasteiger partial charge in [-0.25, -0.2) is 0 Å². The molecule has 2 heteroatoms. The highest BCUT2D eigenvalue weighted by Gasteiger charge is 2.27. The Kier molecular flexibility index (Phi) is 6.89. The van der Waals surface area contributed by atoms with Crippen LogP contribution in [-0.2, 0) is 6.54 Å². The SMILES string of the molecule is CCC/C=C1/c2ccccc2N(CCCNCc2ccccc2)c2c1ccc(C)c2C. The molecule has 0 spiro atoms. The van der Waals surface area contributed by atoms with E-state index in [9.17, 15) is 0 Å². The minimum absolute atomic E-state index is 0.927. The van der Waals surface area contributed by atoms with Gasteiger partial charge in [-0.15, -0.1) is 0 Å². The molecule has 1 aliphatic rings. The summed E-state index contributed by atoms with van der Waals surface area (Å²) in [5.41, 5.74) is 11.0. The topological polar surface area (TPSA) is 15.3 Å². The molecule has 160 valence electrons. The van der Waals surface area contributed by atoms with Crippen LogP contribution in [0.2, 0.25) is 0 Å². The molecule has 1 aliphatic heterocycles. The average Bonchev–Trinajstić information content (AvgIpc) is 2.80. The summed E-state index contributed by atoms with van der Waals surface area (Å²) in [6.45, 7) is 9.70. The van der Waals surface area contributed by atoms with Crippen molar-refractivity contribution in [2.75, 3.05) is 18.0 Å². The summed E-state index contributed by atoms with van der Waals surface area (Å²) in [5.74, 6) is 0. The van der Waals surface area contributed by atoms with Crippen molar-refractivity contribution in [2.45, 2.75) is 46.6 Å². The first kappa shape index (κ1) is 21.4. The summed E-state index contributed by atoms with van der Waals surface area (Å²) in [6, 6.07) is 24.2. The van der Waals surface area contributed by atoms with Crippen molar-refractivity contribution in [1.29, 1.82) is 0 Å². The largest absolute Gasteiger partial charge is 0.340 e. The van der Waals surface area contributed by atoms with Crippen LogP contribution in [0.15, 0.2) is 72.8 Å². The second-order valence-corrected chi connectivity index (χ2v) is 8.49. The molecule has 4 rings (SSSR count). The van der Waals surface area contributed by atoms with Crippen LogP contribution in [0.25, 0.3) is 5.57 Å².